The summed E-state index contributed by atoms with van der Waals surface area (Å²) in [6, 6.07) is 0. The van der Waals surface area contributed by atoms with Crippen molar-refractivity contribution in [2.45, 2.75) is 0 Å². The van der Waals surface area contributed by atoms with Crippen LogP contribution in [0.5, 0.6) is 0 Å². The van der Waals surface area contributed by atoms with Gasteiger partial charge in [-0.05, 0) is 0 Å². The number of hydrogen-bond donors (Lipinski definition) is 1. The van der Waals surface area contributed by atoms with Crippen LogP contribution in [-0.2, 0) is 7.05 Å². The van der Waals surface area contributed by atoms with Crippen LogP contribution in [0.2, 0.25) is 0 Å². The van der Waals surface area contributed by atoms with E-state index in [1.54, 1.807) is 31.8 Å². The first-order chi connectivity index (χ1) is 8.75. The third-order valence-corrected chi connectivity index (χ3v) is 2.43. The number of rotatable bonds is 2. The largest absolute Gasteiger partial charge is 0.383 e. The normalized spacial score (nSPS) is 10.7. The Morgan fingerprint density at radius 1 is 1.28 bits per heavy atom. The summed E-state index contributed by atoms with van der Waals surface area (Å²) in [6.07, 6.45) is 6.26. The molecule has 0 unspecified atom stereocenters. The molecular formula is C10H9N7O. The van der Waals surface area contributed by atoms with E-state index in [0.29, 0.717) is 28.8 Å². The van der Waals surface area contributed by atoms with E-state index in [2.05, 4.69) is 25.2 Å². The predicted octanol–water partition coefficient (Wildman–Crippen LogP) is 0.509. The first-order valence-corrected chi connectivity index (χ1v) is 5.13. The summed E-state index contributed by atoms with van der Waals surface area (Å²) < 4.78 is 6.67. The molecule has 3 rings (SSSR count). The van der Waals surface area contributed by atoms with Crippen molar-refractivity contribution in [3.8, 4) is 23.0 Å². The van der Waals surface area contributed by atoms with Crippen LogP contribution >= 0.6 is 0 Å². The Bertz CT molecular complexity index is 673. The van der Waals surface area contributed by atoms with Gasteiger partial charge in [0.25, 0.3) is 5.89 Å². The van der Waals surface area contributed by atoms with E-state index >= 15 is 0 Å². The molecule has 8 heteroatoms. The van der Waals surface area contributed by atoms with Crippen molar-refractivity contribution in [3.05, 3.63) is 24.8 Å². The lowest BCUT2D eigenvalue weighted by Gasteiger charge is -1.93. The molecule has 3 heterocycles. The Kier molecular flexibility index (Phi) is 2.26. The number of nitrogen functional groups attached to an aromatic ring is 1. The van der Waals surface area contributed by atoms with E-state index in [0.717, 1.165) is 0 Å². The summed E-state index contributed by atoms with van der Waals surface area (Å²) in [5.41, 5.74) is 6.96. The van der Waals surface area contributed by atoms with E-state index in [1.807, 2.05) is 0 Å². The lowest BCUT2D eigenvalue weighted by atomic mass is 10.3. The fourth-order valence-electron chi connectivity index (χ4n) is 1.46. The number of hydrogen-bond acceptors (Lipinski definition) is 7. The standard InChI is InChI=1S/C10H9N7O/c1-17-8(11)6(4-14-17)10-15-9(16-18-10)7-5-12-2-3-13-7/h2-5H,11H2,1H3. The number of aromatic nitrogens is 6. The highest BCUT2D eigenvalue weighted by molar-refractivity contribution is 5.67. The van der Waals surface area contributed by atoms with Gasteiger partial charge in [-0.15, -0.1) is 0 Å². The Hall–Kier alpha value is -2.77. The van der Waals surface area contributed by atoms with Crippen LogP contribution < -0.4 is 5.73 Å². The quantitative estimate of drug-likeness (QED) is 0.698. The van der Waals surface area contributed by atoms with Gasteiger partial charge in [0.2, 0.25) is 5.82 Å². The highest BCUT2D eigenvalue weighted by Gasteiger charge is 2.16. The summed E-state index contributed by atoms with van der Waals surface area (Å²) in [4.78, 5) is 12.2. The maximum absolute atomic E-state index is 5.83. The molecule has 0 aliphatic carbocycles. The minimum absolute atomic E-state index is 0.307. The zero-order valence-electron chi connectivity index (χ0n) is 9.48. The van der Waals surface area contributed by atoms with Gasteiger partial charge in [0.15, 0.2) is 0 Å². The predicted molar refractivity (Wildman–Crippen MR) is 61.9 cm³/mol. The molecule has 0 fully saturated rings. The van der Waals surface area contributed by atoms with Crippen molar-refractivity contribution in [2.24, 2.45) is 7.05 Å². The van der Waals surface area contributed by atoms with Crippen LogP contribution in [0.1, 0.15) is 0 Å². The van der Waals surface area contributed by atoms with Crippen LogP contribution in [0.3, 0.4) is 0 Å². The van der Waals surface area contributed by atoms with Crippen molar-refractivity contribution in [1.82, 2.24) is 29.9 Å². The summed E-state index contributed by atoms with van der Waals surface area (Å²) in [5, 5.41) is 7.84. The van der Waals surface area contributed by atoms with Crippen molar-refractivity contribution in [1.29, 1.82) is 0 Å². The summed E-state index contributed by atoms with van der Waals surface area (Å²) in [6.45, 7) is 0. The van der Waals surface area contributed by atoms with Gasteiger partial charge in [0.1, 0.15) is 17.1 Å². The monoisotopic (exact) mass is 243 g/mol. The molecular weight excluding hydrogens is 234 g/mol. The van der Waals surface area contributed by atoms with Crippen LogP contribution in [0.4, 0.5) is 5.82 Å². The van der Waals surface area contributed by atoms with Crippen LogP contribution in [0, 0.1) is 0 Å². The summed E-state index contributed by atoms with van der Waals surface area (Å²) >= 11 is 0. The minimum Gasteiger partial charge on any atom is -0.383 e. The second kappa shape index (κ2) is 3.91. The SMILES string of the molecule is Cn1ncc(-c2nc(-c3cnccn3)no2)c1N. The third-order valence-electron chi connectivity index (χ3n) is 2.43. The minimum atomic E-state index is 0.307. The Balaban J connectivity index is 2.02. The average Bonchev–Trinajstić information content (AvgIpc) is 3.00. The van der Waals surface area contributed by atoms with Gasteiger partial charge >= 0.3 is 0 Å². The van der Waals surface area contributed by atoms with Gasteiger partial charge in [-0.25, -0.2) is 4.98 Å². The molecule has 0 spiro atoms. The van der Waals surface area contributed by atoms with E-state index < -0.39 is 0 Å². The zero-order chi connectivity index (χ0) is 12.5. The molecule has 0 aliphatic heterocycles. The number of nitrogens with zero attached hydrogens (tertiary/aromatic N) is 6. The molecule has 3 aromatic heterocycles. The maximum Gasteiger partial charge on any atom is 0.263 e. The van der Waals surface area contributed by atoms with Gasteiger partial charge in [-0.1, -0.05) is 5.16 Å². The molecule has 0 atom stereocenters. The molecule has 0 amide bonds. The molecule has 18 heavy (non-hydrogen) atoms. The molecule has 90 valence electrons. The number of nitrogens with two attached hydrogens (primary N) is 1. The number of anilines is 1. The molecule has 0 bridgehead atoms. The third kappa shape index (κ3) is 1.59. The van der Waals surface area contributed by atoms with Crippen molar-refractivity contribution >= 4 is 5.82 Å². The molecule has 2 N–H and O–H groups in total. The second-order valence-corrected chi connectivity index (χ2v) is 3.58. The van der Waals surface area contributed by atoms with E-state index in [1.165, 1.54) is 4.68 Å². The molecule has 0 aromatic carbocycles. The molecule has 0 aliphatic rings. The Morgan fingerprint density at radius 2 is 2.17 bits per heavy atom. The first kappa shape index (κ1) is 10.4. The Labute approximate surface area is 101 Å². The van der Waals surface area contributed by atoms with Crippen LogP contribution in [-0.4, -0.2) is 29.9 Å². The van der Waals surface area contributed by atoms with Gasteiger partial charge in [-0.2, -0.15) is 10.1 Å². The lowest BCUT2D eigenvalue weighted by Crippen LogP contribution is -1.98. The van der Waals surface area contributed by atoms with Crippen molar-refractivity contribution in [2.75, 3.05) is 5.73 Å². The molecule has 0 saturated carbocycles. The molecule has 0 saturated heterocycles. The fraction of sp³-hybridized carbons (Fsp3) is 0.100. The second-order valence-electron chi connectivity index (χ2n) is 3.58. The Morgan fingerprint density at radius 3 is 2.83 bits per heavy atom. The van der Waals surface area contributed by atoms with Crippen molar-refractivity contribution in [3.63, 3.8) is 0 Å². The van der Waals surface area contributed by atoms with Crippen LogP contribution in [0.25, 0.3) is 23.0 Å². The van der Waals surface area contributed by atoms with Gasteiger partial charge in [0.05, 0.1) is 12.4 Å². The molecule has 0 radical (unpaired) electrons. The smallest absolute Gasteiger partial charge is 0.263 e. The molecule has 3 aromatic rings. The van der Waals surface area contributed by atoms with E-state index in [9.17, 15) is 0 Å². The maximum atomic E-state index is 5.83. The summed E-state index contributed by atoms with van der Waals surface area (Å²) in [5.74, 6) is 1.13. The van der Waals surface area contributed by atoms with Gasteiger partial charge < -0.3 is 10.3 Å². The van der Waals surface area contributed by atoms with Gasteiger partial charge in [0, 0.05) is 19.4 Å². The van der Waals surface area contributed by atoms with Gasteiger partial charge in [-0.3, -0.25) is 9.67 Å². The van der Waals surface area contributed by atoms with E-state index in [4.69, 9.17) is 10.3 Å². The van der Waals surface area contributed by atoms with E-state index in [-0.39, 0.29) is 0 Å². The topological polar surface area (TPSA) is 109 Å². The zero-order valence-corrected chi connectivity index (χ0v) is 9.48. The highest BCUT2D eigenvalue weighted by Crippen LogP contribution is 2.24. The lowest BCUT2D eigenvalue weighted by molar-refractivity contribution is 0.432. The highest BCUT2D eigenvalue weighted by atomic mass is 16.5. The van der Waals surface area contributed by atoms with Crippen molar-refractivity contribution < 1.29 is 4.52 Å². The average molecular weight is 243 g/mol. The number of aryl methyl sites for hydroxylation is 1. The summed E-state index contributed by atoms with van der Waals surface area (Å²) in [7, 11) is 1.73. The first-order valence-electron chi connectivity index (χ1n) is 5.13. The fourth-order valence-corrected chi connectivity index (χ4v) is 1.46. The molecule has 8 nitrogen and oxygen atoms in total. The van der Waals surface area contributed by atoms with Crippen LogP contribution in [0.15, 0.2) is 29.3 Å².